The number of nitrogens with zero attached hydrogens (tertiary/aromatic N) is 5. The molecule has 0 radical (unpaired) electrons. The average molecular weight is 908 g/mol. The predicted molar refractivity (Wildman–Crippen MR) is 279 cm³/mol. The molecule has 0 amide bonds. The van der Waals surface area contributed by atoms with Crippen LogP contribution in [0.1, 0.15) is 11.1 Å². The lowest BCUT2D eigenvalue weighted by molar-refractivity contribution is -0.137. The highest BCUT2D eigenvalue weighted by molar-refractivity contribution is 6.15. The Morgan fingerprint density at radius 3 is 1.09 bits per heavy atom. The predicted octanol–water partition coefficient (Wildman–Crippen LogP) is 16.6. The molecule has 0 spiro atoms. The van der Waals surface area contributed by atoms with Gasteiger partial charge in [0.2, 0.25) is 0 Å². The van der Waals surface area contributed by atoms with Crippen molar-refractivity contribution in [3.8, 4) is 39.9 Å². The average Bonchev–Trinajstić information content (AvgIpc) is 4.13. The Hall–Kier alpha value is -9.32. The summed E-state index contributed by atoms with van der Waals surface area (Å²) in [5.41, 5.74) is 11.6. The van der Waals surface area contributed by atoms with Crippen LogP contribution in [0.3, 0.4) is 0 Å². The number of nitriles is 1. The van der Waals surface area contributed by atoms with E-state index in [-0.39, 0.29) is 5.56 Å². The number of halogens is 3. The fraction of sp³-hybridized carbons (Fsp3) is 0.0161. The molecule has 0 aliphatic heterocycles. The number of fused-ring (bicyclic) bond motifs is 12. The van der Waals surface area contributed by atoms with E-state index in [1.807, 2.05) is 36.4 Å². The number of rotatable bonds is 5. The fourth-order valence-electron chi connectivity index (χ4n) is 11.2. The first-order chi connectivity index (χ1) is 34.3. The molecule has 0 saturated heterocycles. The maximum absolute atomic E-state index is 14.4. The number of hydrogen-bond donors (Lipinski definition) is 0. The van der Waals surface area contributed by atoms with Crippen molar-refractivity contribution in [2.75, 3.05) is 0 Å². The minimum absolute atomic E-state index is 0.250. The van der Waals surface area contributed by atoms with Gasteiger partial charge in [-0.2, -0.15) is 18.4 Å². The molecule has 14 rings (SSSR count). The molecule has 0 bridgehead atoms. The summed E-state index contributed by atoms with van der Waals surface area (Å²) in [5, 5.41) is 19.7. The quantitative estimate of drug-likeness (QED) is 0.170. The molecule has 5 nitrogen and oxygen atoms in total. The highest BCUT2D eigenvalue weighted by atomic mass is 19.4. The Kier molecular flexibility index (Phi) is 8.44. The number of alkyl halides is 3. The van der Waals surface area contributed by atoms with Crippen LogP contribution in [0.25, 0.3) is 121 Å². The summed E-state index contributed by atoms with van der Waals surface area (Å²) in [6.45, 7) is 0. The fourth-order valence-corrected chi connectivity index (χ4v) is 11.2. The summed E-state index contributed by atoms with van der Waals surface area (Å²) in [6, 6.07) is 74.8. The van der Waals surface area contributed by atoms with Crippen molar-refractivity contribution in [2.24, 2.45) is 0 Å². The zero-order chi connectivity index (χ0) is 46.8. The summed E-state index contributed by atoms with van der Waals surface area (Å²) >= 11 is 0. The Balaban J connectivity index is 1.07. The van der Waals surface area contributed by atoms with E-state index < -0.39 is 11.7 Å². The van der Waals surface area contributed by atoms with Crippen LogP contribution < -0.4 is 0 Å². The van der Waals surface area contributed by atoms with Gasteiger partial charge in [0.05, 0.1) is 72.7 Å². The van der Waals surface area contributed by atoms with Crippen LogP contribution in [0.5, 0.6) is 0 Å². The Labute approximate surface area is 397 Å². The minimum Gasteiger partial charge on any atom is -0.309 e. The van der Waals surface area contributed by atoms with Gasteiger partial charge in [0.25, 0.3) is 0 Å². The van der Waals surface area contributed by atoms with Crippen molar-refractivity contribution in [3.05, 3.63) is 230 Å². The summed E-state index contributed by atoms with van der Waals surface area (Å²) < 4.78 is 52.1. The molecule has 70 heavy (non-hydrogen) atoms. The van der Waals surface area contributed by atoms with Gasteiger partial charge in [-0.3, -0.25) is 0 Å². The lowest BCUT2D eigenvalue weighted by Crippen LogP contribution is -2.07. The van der Waals surface area contributed by atoms with E-state index in [9.17, 15) is 18.4 Å². The van der Waals surface area contributed by atoms with Gasteiger partial charge in [0.1, 0.15) is 0 Å². The van der Waals surface area contributed by atoms with Gasteiger partial charge < -0.3 is 18.3 Å². The van der Waals surface area contributed by atoms with Gasteiger partial charge in [0.15, 0.2) is 0 Å². The van der Waals surface area contributed by atoms with E-state index in [1.54, 1.807) is 6.07 Å². The number of hydrogen-bond acceptors (Lipinski definition) is 1. The van der Waals surface area contributed by atoms with Crippen molar-refractivity contribution in [2.45, 2.75) is 6.18 Å². The summed E-state index contributed by atoms with van der Waals surface area (Å²) in [4.78, 5) is 0. The number of aromatic nitrogens is 4. The molecule has 0 saturated carbocycles. The van der Waals surface area contributed by atoms with Crippen molar-refractivity contribution in [1.82, 2.24) is 18.3 Å². The van der Waals surface area contributed by atoms with Crippen LogP contribution in [0.2, 0.25) is 0 Å². The van der Waals surface area contributed by atoms with Crippen molar-refractivity contribution in [3.63, 3.8) is 0 Å². The summed E-state index contributed by atoms with van der Waals surface area (Å²) in [6.07, 6.45) is -4.58. The number of benzene rings is 10. The molecule has 8 heteroatoms. The largest absolute Gasteiger partial charge is 0.416 e. The van der Waals surface area contributed by atoms with E-state index in [0.29, 0.717) is 22.5 Å². The molecule has 10 aromatic carbocycles. The maximum Gasteiger partial charge on any atom is 0.416 e. The second-order valence-electron chi connectivity index (χ2n) is 17.9. The topological polar surface area (TPSA) is 43.5 Å². The van der Waals surface area contributed by atoms with Gasteiger partial charge in [-0.1, -0.05) is 121 Å². The first kappa shape index (κ1) is 39.8. The molecule has 4 aromatic heterocycles. The standard InChI is InChI=1S/C62H36F3N5/c63-62(64,65)40-15-13-14-38(32-40)49-36-61(70-57-27-12-6-21-48(57)51-35-42(29-31-59(51)70)68-54-24-9-3-18-45(54)46-19-4-10-25-55(46)68)60(33-39(49)37-66)69-56-26-11-5-20-47(56)50-34-41(28-30-58(50)69)67-52-22-7-1-16-43(52)44-17-2-8-23-53(44)67/h1-36H. The normalized spacial score (nSPS) is 12.2. The molecule has 0 unspecified atom stereocenters. The van der Waals surface area contributed by atoms with Crippen LogP contribution in [-0.4, -0.2) is 18.3 Å². The third-order valence-electron chi connectivity index (χ3n) is 14.2. The van der Waals surface area contributed by atoms with Crippen LogP contribution in [0, 0.1) is 11.3 Å². The van der Waals surface area contributed by atoms with Crippen LogP contribution >= 0.6 is 0 Å². The Bertz CT molecular complexity index is 4450. The molecule has 4 heterocycles. The summed E-state index contributed by atoms with van der Waals surface area (Å²) in [7, 11) is 0. The van der Waals surface area contributed by atoms with E-state index in [4.69, 9.17) is 0 Å². The smallest absolute Gasteiger partial charge is 0.309 e. The molecule has 0 fully saturated rings. The van der Waals surface area contributed by atoms with Gasteiger partial charge in [-0.15, -0.1) is 0 Å². The maximum atomic E-state index is 14.4. The van der Waals surface area contributed by atoms with Crippen LogP contribution in [0.4, 0.5) is 13.2 Å². The molecular weight excluding hydrogens is 872 g/mol. The summed E-state index contributed by atoms with van der Waals surface area (Å²) in [5.74, 6) is 0. The van der Waals surface area contributed by atoms with Gasteiger partial charge in [-0.25, -0.2) is 0 Å². The van der Waals surface area contributed by atoms with Crippen molar-refractivity contribution in [1.29, 1.82) is 5.26 Å². The van der Waals surface area contributed by atoms with E-state index in [0.717, 1.165) is 89.2 Å². The molecule has 0 aliphatic rings. The van der Waals surface area contributed by atoms with Crippen molar-refractivity contribution < 1.29 is 13.2 Å². The van der Waals surface area contributed by atoms with Crippen LogP contribution in [0.15, 0.2) is 218 Å². The van der Waals surface area contributed by atoms with E-state index in [2.05, 4.69) is 182 Å². The third-order valence-corrected chi connectivity index (χ3v) is 14.2. The SMILES string of the molecule is N#Cc1cc(-n2c3ccccc3c3cc(-n4c5ccccc5c5ccccc54)ccc32)c(-n2c3ccccc3c3cc(-n4c5ccccc5c5ccccc54)ccc32)cc1-c1cccc(C(F)(F)F)c1. The van der Waals surface area contributed by atoms with Crippen molar-refractivity contribution >= 4 is 87.2 Å². The molecule has 14 aromatic rings. The molecule has 0 aliphatic carbocycles. The van der Waals surface area contributed by atoms with Gasteiger partial charge in [0, 0.05) is 60.0 Å². The second-order valence-corrected chi connectivity index (χ2v) is 17.9. The molecule has 330 valence electrons. The zero-order valence-corrected chi connectivity index (χ0v) is 37.2. The molecular formula is C62H36F3N5. The van der Waals surface area contributed by atoms with Crippen LogP contribution in [-0.2, 0) is 6.18 Å². The lowest BCUT2D eigenvalue weighted by Gasteiger charge is -2.20. The molecule has 0 N–H and O–H groups in total. The first-order valence-corrected chi connectivity index (χ1v) is 23.1. The van der Waals surface area contributed by atoms with E-state index in [1.165, 1.54) is 27.6 Å². The first-order valence-electron chi connectivity index (χ1n) is 23.1. The second kappa shape index (κ2) is 14.8. The monoisotopic (exact) mass is 907 g/mol. The molecule has 0 atom stereocenters. The third kappa shape index (κ3) is 5.72. The lowest BCUT2D eigenvalue weighted by atomic mass is 9.96. The minimum atomic E-state index is -4.58. The van der Waals surface area contributed by atoms with Gasteiger partial charge in [-0.05, 0) is 103 Å². The zero-order valence-electron chi connectivity index (χ0n) is 37.2. The Morgan fingerprint density at radius 2 is 0.686 bits per heavy atom. The highest BCUT2D eigenvalue weighted by Crippen LogP contribution is 2.44. The van der Waals surface area contributed by atoms with Gasteiger partial charge >= 0.3 is 6.18 Å². The van der Waals surface area contributed by atoms with E-state index >= 15 is 0 Å². The Morgan fingerprint density at radius 1 is 0.329 bits per heavy atom. The highest BCUT2D eigenvalue weighted by Gasteiger charge is 2.31. The number of para-hydroxylation sites is 6.